The summed E-state index contributed by atoms with van der Waals surface area (Å²) < 4.78 is 10.4. The molecule has 1 aromatic rings. The average molecular weight is 211 g/mol. The van der Waals surface area contributed by atoms with Gasteiger partial charge < -0.3 is 14.6 Å². The summed E-state index contributed by atoms with van der Waals surface area (Å²) in [7, 11) is 0. The van der Waals surface area contributed by atoms with E-state index < -0.39 is 0 Å². The average Bonchev–Trinajstić information content (AvgIpc) is 2.76. The van der Waals surface area contributed by atoms with Gasteiger partial charge in [0.05, 0.1) is 6.04 Å². The van der Waals surface area contributed by atoms with Crippen LogP contribution in [0.2, 0.25) is 0 Å². The lowest BCUT2D eigenvalue weighted by Gasteiger charge is -2.19. The molecule has 1 aliphatic rings. The molecule has 84 valence electrons. The number of rotatable bonds is 4. The van der Waals surface area contributed by atoms with Gasteiger partial charge in [-0.3, -0.25) is 0 Å². The highest BCUT2D eigenvalue weighted by Gasteiger charge is 2.20. The van der Waals surface area contributed by atoms with Crippen LogP contribution in [-0.2, 0) is 11.3 Å². The molecule has 1 unspecified atom stereocenters. The Morgan fingerprint density at radius 3 is 3.20 bits per heavy atom. The Labute approximate surface area is 89.2 Å². The van der Waals surface area contributed by atoms with Gasteiger partial charge in [-0.2, -0.15) is 4.98 Å². The summed E-state index contributed by atoms with van der Waals surface area (Å²) in [5, 5.41) is 7.25. The van der Waals surface area contributed by atoms with Crippen molar-refractivity contribution in [3.63, 3.8) is 0 Å². The fourth-order valence-corrected chi connectivity index (χ4v) is 1.72. The number of hydrogen-bond acceptors (Lipinski definition) is 5. The molecule has 1 N–H and O–H groups in total. The Morgan fingerprint density at radius 2 is 2.47 bits per heavy atom. The van der Waals surface area contributed by atoms with Crippen LogP contribution in [0.5, 0.6) is 0 Å². The first-order valence-electron chi connectivity index (χ1n) is 5.53. The molecule has 0 bridgehead atoms. The van der Waals surface area contributed by atoms with Crippen LogP contribution in [-0.4, -0.2) is 23.3 Å². The number of nitrogens with zero attached hydrogens (tertiary/aromatic N) is 2. The maximum absolute atomic E-state index is 5.21. The van der Waals surface area contributed by atoms with Crippen molar-refractivity contribution in [1.82, 2.24) is 15.5 Å². The lowest BCUT2D eigenvalue weighted by atomic mass is 10.1. The Morgan fingerprint density at radius 1 is 1.53 bits per heavy atom. The van der Waals surface area contributed by atoms with E-state index in [4.69, 9.17) is 9.26 Å². The summed E-state index contributed by atoms with van der Waals surface area (Å²) in [4.78, 5) is 4.31. The van der Waals surface area contributed by atoms with Gasteiger partial charge in [-0.25, -0.2) is 0 Å². The van der Waals surface area contributed by atoms with E-state index >= 15 is 0 Å². The van der Waals surface area contributed by atoms with Crippen LogP contribution in [0.25, 0.3) is 0 Å². The molecule has 1 atom stereocenters. The molecule has 15 heavy (non-hydrogen) atoms. The Balaban J connectivity index is 1.93. The minimum atomic E-state index is 0.238. The molecule has 1 aromatic heterocycles. The first-order chi connectivity index (χ1) is 7.40. The van der Waals surface area contributed by atoms with Gasteiger partial charge in [0.15, 0.2) is 5.82 Å². The predicted molar refractivity (Wildman–Crippen MR) is 54.2 cm³/mol. The number of ether oxygens (including phenoxy) is 1. The fourth-order valence-electron chi connectivity index (χ4n) is 1.72. The molecule has 2 rings (SSSR count). The van der Waals surface area contributed by atoms with E-state index in [1.54, 1.807) is 0 Å². The SMILES string of the molecule is CCOCc1noc(C2CCCCN2)n1. The zero-order valence-corrected chi connectivity index (χ0v) is 9.03. The summed E-state index contributed by atoms with van der Waals surface area (Å²) >= 11 is 0. The van der Waals surface area contributed by atoms with Gasteiger partial charge in [-0.1, -0.05) is 11.6 Å². The van der Waals surface area contributed by atoms with Crippen molar-refractivity contribution >= 4 is 0 Å². The monoisotopic (exact) mass is 211 g/mol. The van der Waals surface area contributed by atoms with Crippen molar-refractivity contribution in [3.8, 4) is 0 Å². The van der Waals surface area contributed by atoms with Crippen molar-refractivity contribution in [2.24, 2.45) is 0 Å². The van der Waals surface area contributed by atoms with Gasteiger partial charge in [0, 0.05) is 6.61 Å². The molecule has 1 saturated heterocycles. The molecule has 5 heteroatoms. The summed E-state index contributed by atoms with van der Waals surface area (Å²) in [6.45, 7) is 4.09. The Kier molecular flexibility index (Phi) is 3.69. The van der Waals surface area contributed by atoms with E-state index in [1.807, 2.05) is 6.92 Å². The number of piperidine rings is 1. The molecule has 0 saturated carbocycles. The van der Waals surface area contributed by atoms with Crippen molar-refractivity contribution in [2.75, 3.05) is 13.2 Å². The lowest BCUT2D eigenvalue weighted by Crippen LogP contribution is -2.27. The molecule has 0 amide bonds. The first-order valence-corrected chi connectivity index (χ1v) is 5.53. The molecule has 0 aliphatic carbocycles. The van der Waals surface area contributed by atoms with Crippen LogP contribution < -0.4 is 5.32 Å². The second-order valence-corrected chi connectivity index (χ2v) is 3.69. The lowest BCUT2D eigenvalue weighted by molar-refractivity contribution is 0.126. The van der Waals surface area contributed by atoms with Crippen LogP contribution in [0.1, 0.15) is 43.9 Å². The van der Waals surface area contributed by atoms with Crippen LogP contribution in [0, 0.1) is 0 Å². The number of nitrogens with one attached hydrogen (secondary N) is 1. The molecule has 0 spiro atoms. The highest BCUT2D eigenvalue weighted by atomic mass is 16.5. The molecular weight excluding hydrogens is 194 g/mol. The largest absolute Gasteiger partial charge is 0.374 e. The van der Waals surface area contributed by atoms with Crippen molar-refractivity contribution < 1.29 is 9.26 Å². The normalized spacial score (nSPS) is 21.8. The second-order valence-electron chi connectivity index (χ2n) is 3.69. The molecule has 1 fully saturated rings. The van der Waals surface area contributed by atoms with E-state index in [9.17, 15) is 0 Å². The Bertz CT molecular complexity index is 295. The van der Waals surface area contributed by atoms with Crippen LogP contribution in [0.15, 0.2) is 4.52 Å². The molecule has 1 aliphatic heterocycles. The highest BCUT2D eigenvalue weighted by Crippen LogP contribution is 2.21. The molecule has 5 nitrogen and oxygen atoms in total. The summed E-state index contributed by atoms with van der Waals surface area (Å²) in [6, 6.07) is 0.238. The molecular formula is C10H17N3O2. The number of hydrogen-bond donors (Lipinski definition) is 1. The fraction of sp³-hybridized carbons (Fsp3) is 0.800. The third kappa shape index (κ3) is 2.76. The van der Waals surface area contributed by atoms with Crippen molar-refractivity contribution in [1.29, 1.82) is 0 Å². The first kappa shape index (κ1) is 10.6. The summed E-state index contributed by atoms with van der Waals surface area (Å²) in [5.41, 5.74) is 0. The standard InChI is InChI=1S/C10H17N3O2/c1-2-14-7-9-12-10(15-13-9)8-5-3-4-6-11-8/h8,11H,2-7H2,1H3. The molecule has 0 radical (unpaired) electrons. The van der Waals surface area contributed by atoms with E-state index in [0.717, 1.165) is 13.0 Å². The summed E-state index contributed by atoms with van der Waals surface area (Å²) in [6.07, 6.45) is 3.54. The van der Waals surface area contributed by atoms with Crippen molar-refractivity contribution in [2.45, 2.75) is 38.8 Å². The van der Waals surface area contributed by atoms with E-state index in [0.29, 0.717) is 24.9 Å². The van der Waals surface area contributed by atoms with E-state index in [2.05, 4.69) is 15.5 Å². The Hall–Kier alpha value is -0.940. The van der Waals surface area contributed by atoms with E-state index in [1.165, 1.54) is 12.8 Å². The quantitative estimate of drug-likeness (QED) is 0.816. The van der Waals surface area contributed by atoms with Gasteiger partial charge in [0.1, 0.15) is 6.61 Å². The third-order valence-corrected chi connectivity index (χ3v) is 2.53. The maximum Gasteiger partial charge on any atom is 0.243 e. The topological polar surface area (TPSA) is 60.2 Å². The van der Waals surface area contributed by atoms with Gasteiger partial charge in [-0.15, -0.1) is 0 Å². The smallest absolute Gasteiger partial charge is 0.243 e. The van der Waals surface area contributed by atoms with Gasteiger partial charge >= 0.3 is 0 Å². The van der Waals surface area contributed by atoms with Crippen LogP contribution >= 0.6 is 0 Å². The minimum absolute atomic E-state index is 0.238. The van der Waals surface area contributed by atoms with Crippen LogP contribution in [0.3, 0.4) is 0 Å². The van der Waals surface area contributed by atoms with Crippen molar-refractivity contribution in [3.05, 3.63) is 11.7 Å². The highest BCUT2D eigenvalue weighted by molar-refractivity contribution is 4.93. The number of aromatic nitrogens is 2. The maximum atomic E-state index is 5.21. The molecule has 2 heterocycles. The molecule has 0 aromatic carbocycles. The van der Waals surface area contributed by atoms with Gasteiger partial charge in [0.2, 0.25) is 5.89 Å². The predicted octanol–water partition coefficient (Wildman–Crippen LogP) is 1.42. The summed E-state index contributed by atoms with van der Waals surface area (Å²) in [5.74, 6) is 1.34. The zero-order chi connectivity index (χ0) is 10.5. The minimum Gasteiger partial charge on any atom is -0.374 e. The van der Waals surface area contributed by atoms with E-state index in [-0.39, 0.29) is 6.04 Å². The zero-order valence-electron chi connectivity index (χ0n) is 9.03. The van der Waals surface area contributed by atoms with Crippen LogP contribution in [0.4, 0.5) is 0 Å². The van der Waals surface area contributed by atoms with Gasteiger partial charge in [0.25, 0.3) is 0 Å². The van der Waals surface area contributed by atoms with Gasteiger partial charge in [-0.05, 0) is 26.3 Å². The second kappa shape index (κ2) is 5.23. The third-order valence-electron chi connectivity index (χ3n) is 2.53.